The maximum absolute atomic E-state index is 9.90. The second kappa shape index (κ2) is 9.05. The highest BCUT2D eigenvalue weighted by Crippen LogP contribution is 2.46. The number of hydrogen-bond donors (Lipinski definition) is 1. The van der Waals surface area contributed by atoms with Gasteiger partial charge in [0.1, 0.15) is 0 Å². The number of benzene rings is 1. The van der Waals surface area contributed by atoms with Crippen LogP contribution < -0.4 is 0 Å². The number of allylic oxidation sites excluding steroid dienone is 1. The summed E-state index contributed by atoms with van der Waals surface area (Å²) in [6.07, 6.45) is 8.34. The van der Waals surface area contributed by atoms with Gasteiger partial charge in [0.05, 0.1) is 12.2 Å². The van der Waals surface area contributed by atoms with Crippen LogP contribution in [-0.4, -0.2) is 31.9 Å². The molecule has 4 heteroatoms. The Morgan fingerprint density at radius 3 is 2.55 bits per heavy atom. The first-order valence-electron chi connectivity index (χ1n) is 11.3. The van der Waals surface area contributed by atoms with Crippen molar-refractivity contribution >= 4 is 8.32 Å². The molecule has 1 saturated carbocycles. The molecule has 1 aromatic rings. The zero-order chi connectivity index (χ0) is 21.2. The molecule has 0 amide bonds. The number of aliphatic hydroxyl groups excluding tert-OH is 1. The molecule has 0 aromatic heterocycles. The van der Waals surface area contributed by atoms with E-state index in [4.69, 9.17) is 9.16 Å². The third-order valence-corrected chi connectivity index (χ3v) is 11.9. The van der Waals surface area contributed by atoms with Gasteiger partial charge in [-0.1, -0.05) is 70.2 Å². The van der Waals surface area contributed by atoms with Crippen molar-refractivity contribution in [1.29, 1.82) is 0 Å². The lowest BCUT2D eigenvalue weighted by molar-refractivity contribution is -0.0922. The maximum Gasteiger partial charge on any atom is 0.192 e. The zero-order valence-corrected chi connectivity index (χ0v) is 20.1. The molecule has 0 radical (unpaired) electrons. The maximum atomic E-state index is 9.90. The molecule has 6 atom stereocenters. The average molecular weight is 417 g/mol. The van der Waals surface area contributed by atoms with Crippen LogP contribution in [-0.2, 0) is 15.6 Å². The van der Waals surface area contributed by atoms with Gasteiger partial charge in [0.15, 0.2) is 14.6 Å². The minimum absolute atomic E-state index is 0.134. The SMILES string of the molecule is CC1CC2OC(O)CC2[C@H]1/C=C/C(CCc1ccccc1)O[Si](C)(C)C(C)(C)C. The van der Waals surface area contributed by atoms with Crippen LogP contribution in [0.15, 0.2) is 42.5 Å². The van der Waals surface area contributed by atoms with Crippen LogP contribution in [0.25, 0.3) is 0 Å². The average Bonchev–Trinajstić information content (AvgIpc) is 3.12. The highest BCUT2D eigenvalue weighted by atomic mass is 28.4. The minimum atomic E-state index is -1.85. The Hall–Kier alpha value is -0.943. The van der Waals surface area contributed by atoms with E-state index in [1.165, 1.54) is 5.56 Å². The van der Waals surface area contributed by atoms with Gasteiger partial charge in [-0.2, -0.15) is 0 Å². The largest absolute Gasteiger partial charge is 0.411 e. The van der Waals surface area contributed by atoms with Crippen LogP contribution in [0.5, 0.6) is 0 Å². The predicted molar refractivity (Wildman–Crippen MR) is 122 cm³/mol. The fraction of sp³-hybridized carbons (Fsp3) is 0.680. The lowest BCUT2D eigenvalue weighted by Gasteiger charge is -2.39. The van der Waals surface area contributed by atoms with E-state index in [0.717, 1.165) is 25.7 Å². The molecule has 1 heterocycles. The summed E-state index contributed by atoms with van der Waals surface area (Å²) in [5.41, 5.74) is 1.37. The Bertz CT molecular complexity index is 679. The van der Waals surface area contributed by atoms with Gasteiger partial charge in [-0.3, -0.25) is 0 Å². The van der Waals surface area contributed by atoms with Crippen molar-refractivity contribution in [2.45, 2.75) is 90.0 Å². The Kier molecular flexibility index (Phi) is 7.09. The Labute approximate surface area is 178 Å². The van der Waals surface area contributed by atoms with Crippen LogP contribution in [0.2, 0.25) is 18.1 Å². The van der Waals surface area contributed by atoms with Gasteiger partial charge in [-0.25, -0.2) is 0 Å². The monoisotopic (exact) mass is 416 g/mol. The first-order valence-corrected chi connectivity index (χ1v) is 14.2. The van der Waals surface area contributed by atoms with Gasteiger partial charge in [0, 0.05) is 6.42 Å². The summed E-state index contributed by atoms with van der Waals surface area (Å²) in [6, 6.07) is 10.7. The van der Waals surface area contributed by atoms with E-state index in [2.05, 4.69) is 83.3 Å². The Balaban J connectivity index is 1.72. The van der Waals surface area contributed by atoms with Crippen LogP contribution in [0.3, 0.4) is 0 Å². The fourth-order valence-electron chi connectivity index (χ4n) is 4.61. The first-order chi connectivity index (χ1) is 13.6. The van der Waals surface area contributed by atoms with E-state index in [1.807, 2.05) is 0 Å². The van der Waals surface area contributed by atoms with Gasteiger partial charge in [-0.05, 0) is 60.7 Å². The van der Waals surface area contributed by atoms with Crippen LogP contribution in [0.1, 0.15) is 52.5 Å². The van der Waals surface area contributed by atoms with Crippen molar-refractivity contribution < 1.29 is 14.3 Å². The van der Waals surface area contributed by atoms with Gasteiger partial charge in [0.25, 0.3) is 0 Å². The van der Waals surface area contributed by atoms with Gasteiger partial charge in [0.2, 0.25) is 0 Å². The topological polar surface area (TPSA) is 38.7 Å². The highest BCUT2D eigenvalue weighted by molar-refractivity contribution is 6.74. The first kappa shape index (κ1) is 22.7. The van der Waals surface area contributed by atoms with Gasteiger partial charge >= 0.3 is 0 Å². The molecule has 3 rings (SSSR count). The summed E-state index contributed by atoms with van der Waals surface area (Å²) < 4.78 is 12.5. The van der Waals surface area contributed by atoms with Crippen molar-refractivity contribution in [2.75, 3.05) is 0 Å². The third-order valence-electron chi connectivity index (χ3n) is 7.40. The predicted octanol–water partition coefficient (Wildman–Crippen LogP) is 5.95. The summed E-state index contributed by atoms with van der Waals surface area (Å²) >= 11 is 0. The summed E-state index contributed by atoms with van der Waals surface area (Å²) in [6.45, 7) is 13.9. The van der Waals surface area contributed by atoms with E-state index in [1.54, 1.807) is 0 Å². The summed E-state index contributed by atoms with van der Waals surface area (Å²) in [5.74, 6) is 1.51. The number of fused-ring (bicyclic) bond motifs is 1. The summed E-state index contributed by atoms with van der Waals surface area (Å²) in [4.78, 5) is 0. The molecule has 2 aliphatic rings. The molecule has 3 nitrogen and oxygen atoms in total. The second-order valence-corrected chi connectivity index (χ2v) is 15.4. The summed E-state index contributed by atoms with van der Waals surface area (Å²) in [7, 11) is -1.85. The highest BCUT2D eigenvalue weighted by Gasteiger charge is 2.46. The molecule has 162 valence electrons. The fourth-order valence-corrected chi connectivity index (χ4v) is 5.92. The number of aliphatic hydroxyl groups is 1. The second-order valence-electron chi connectivity index (χ2n) is 10.6. The summed E-state index contributed by atoms with van der Waals surface area (Å²) in [5, 5.41) is 10.1. The number of hydrogen-bond acceptors (Lipinski definition) is 3. The zero-order valence-electron chi connectivity index (χ0n) is 19.1. The lowest BCUT2D eigenvalue weighted by atomic mass is 9.87. The van der Waals surface area contributed by atoms with Crippen molar-refractivity contribution in [3.8, 4) is 0 Å². The Morgan fingerprint density at radius 1 is 1.21 bits per heavy atom. The quantitative estimate of drug-likeness (QED) is 0.441. The van der Waals surface area contributed by atoms with E-state index in [0.29, 0.717) is 17.8 Å². The normalized spacial score (nSPS) is 31.3. The molecule has 1 N–H and O–H groups in total. The van der Waals surface area contributed by atoms with Gasteiger partial charge < -0.3 is 14.3 Å². The van der Waals surface area contributed by atoms with Crippen molar-refractivity contribution in [2.24, 2.45) is 17.8 Å². The molecule has 1 aromatic carbocycles. The molecule has 0 spiro atoms. The minimum Gasteiger partial charge on any atom is -0.411 e. The smallest absolute Gasteiger partial charge is 0.192 e. The molecule has 1 saturated heterocycles. The van der Waals surface area contributed by atoms with E-state index in [9.17, 15) is 5.11 Å². The number of ether oxygens (including phenoxy) is 1. The molecule has 2 fully saturated rings. The molecule has 1 aliphatic heterocycles. The van der Waals surface area contributed by atoms with Crippen LogP contribution in [0.4, 0.5) is 0 Å². The van der Waals surface area contributed by atoms with Crippen molar-refractivity contribution in [1.82, 2.24) is 0 Å². The molecule has 1 aliphatic carbocycles. The number of aryl methyl sites for hydroxylation is 1. The lowest BCUT2D eigenvalue weighted by Crippen LogP contribution is -2.43. The van der Waals surface area contributed by atoms with E-state index < -0.39 is 14.6 Å². The third kappa shape index (κ3) is 5.60. The van der Waals surface area contributed by atoms with Crippen LogP contribution in [0, 0.1) is 17.8 Å². The van der Waals surface area contributed by atoms with E-state index in [-0.39, 0.29) is 17.2 Å². The van der Waals surface area contributed by atoms with Gasteiger partial charge in [-0.15, -0.1) is 0 Å². The Morgan fingerprint density at radius 2 is 1.90 bits per heavy atom. The molecule has 5 unspecified atom stereocenters. The molecule has 29 heavy (non-hydrogen) atoms. The molecule has 0 bridgehead atoms. The van der Waals surface area contributed by atoms with E-state index >= 15 is 0 Å². The van der Waals surface area contributed by atoms with Crippen LogP contribution >= 0.6 is 0 Å². The molecular weight excluding hydrogens is 376 g/mol. The number of rotatable bonds is 7. The molecular formula is C25H40O3Si. The van der Waals surface area contributed by atoms with Crippen molar-refractivity contribution in [3.05, 3.63) is 48.0 Å². The standard InChI is InChI=1S/C25H40O3Si/c1-18-16-23-22(17-24(26)27-23)21(18)15-14-20(28-29(5,6)25(2,3)4)13-12-19-10-8-7-9-11-19/h7-11,14-15,18,20-24,26H,12-13,16-17H2,1-6H3/b15-14+/t18?,20?,21-,22?,23?,24?/m0/s1. The van der Waals surface area contributed by atoms with Crippen molar-refractivity contribution in [3.63, 3.8) is 0 Å².